The van der Waals surface area contributed by atoms with Crippen LogP contribution in [-0.2, 0) is 6.54 Å². The second kappa shape index (κ2) is 7.60. The van der Waals surface area contributed by atoms with Gasteiger partial charge < -0.3 is 20.7 Å². The molecule has 33 heavy (non-hydrogen) atoms. The Kier molecular flexibility index (Phi) is 4.66. The van der Waals surface area contributed by atoms with Gasteiger partial charge in [0.15, 0.2) is 0 Å². The van der Waals surface area contributed by atoms with Crippen LogP contribution in [0.5, 0.6) is 0 Å². The van der Waals surface area contributed by atoms with Crippen molar-refractivity contribution in [1.29, 1.82) is 5.26 Å². The highest BCUT2D eigenvalue weighted by molar-refractivity contribution is 6.06. The Balaban J connectivity index is 1.27. The Morgan fingerprint density at radius 2 is 1.94 bits per heavy atom. The highest BCUT2D eigenvalue weighted by Crippen LogP contribution is 2.56. The number of nitrogens with one attached hydrogen (secondary N) is 3. The van der Waals surface area contributed by atoms with E-state index in [1.807, 2.05) is 24.4 Å². The van der Waals surface area contributed by atoms with Crippen molar-refractivity contribution in [2.75, 3.05) is 5.32 Å². The fourth-order valence-electron chi connectivity index (χ4n) is 6.69. The molecular formula is C26H27N5O2. The fraction of sp³-hybridized carbons (Fsp3) is 0.423. The van der Waals surface area contributed by atoms with Gasteiger partial charge in [-0.2, -0.15) is 5.26 Å². The molecule has 7 rings (SSSR count). The summed E-state index contributed by atoms with van der Waals surface area (Å²) in [5.74, 6) is 1.31. The van der Waals surface area contributed by atoms with Gasteiger partial charge in [0.1, 0.15) is 5.65 Å². The molecule has 4 N–H and O–H groups in total. The van der Waals surface area contributed by atoms with E-state index < -0.39 is 5.60 Å². The number of amides is 1. The van der Waals surface area contributed by atoms with Gasteiger partial charge in [-0.15, -0.1) is 0 Å². The number of aromatic amines is 1. The topological polar surface area (TPSA) is 114 Å². The first-order chi connectivity index (χ1) is 16.0. The summed E-state index contributed by atoms with van der Waals surface area (Å²) in [6.45, 7) is 0.374. The van der Waals surface area contributed by atoms with Crippen molar-refractivity contribution in [3.8, 4) is 6.07 Å². The number of hydrogen-bond donors (Lipinski definition) is 4. The zero-order chi connectivity index (χ0) is 22.6. The maximum Gasteiger partial charge on any atom is 0.255 e. The second-order valence-corrected chi connectivity index (χ2v) is 10.1. The third-order valence-corrected chi connectivity index (χ3v) is 7.92. The summed E-state index contributed by atoms with van der Waals surface area (Å²) in [6.07, 6.45) is 8.43. The first-order valence-electron chi connectivity index (χ1n) is 11.7. The zero-order valence-corrected chi connectivity index (χ0v) is 18.3. The molecule has 2 aromatic heterocycles. The highest BCUT2D eigenvalue weighted by atomic mass is 16.3. The van der Waals surface area contributed by atoms with E-state index in [1.165, 1.54) is 0 Å². The van der Waals surface area contributed by atoms with Crippen LogP contribution >= 0.6 is 0 Å². The number of pyridine rings is 1. The first-order valence-corrected chi connectivity index (χ1v) is 11.7. The minimum atomic E-state index is -0.488. The Bertz CT molecular complexity index is 1240. The maximum atomic E-state index is 13.2. The number of hydrogen-bond acceptors (Lipinski definition) is 5. The van der Waals surface area contributed by atoms with E-state index in [4.69, 9.17) is 5.26 Å². The van der Waals surface area contributed by atoms with Crippen molar-refractivity contribution in [2.24, 2.45) is 17.8 Å². The van der Waals surface area contributed by atoms with Crippen molar-refractivity contribution in [1.82, 2.24) is 15.3 Å². The number of rotatable bonds is 5. The molecule has 7 heteroatoms. The number of benzene rings is 1. The largest absolute Gasteiger partial charge is 0.390 e. The van der Waals surface area contributed by atoms with Crippen molar-refractivity contribution in [2.45, 2.75) is 50.3 Å². The first kappa shape index (κ1) is 20.3. The lowest BCUT2D eigenvalue weighted by Gasteiger charge is -2.58. The van der Waals surface area contributed by atoms with E-state index in [0.717, 1.165) is 54.4 Å². The molecule has 3 aromatic rings. The van der Waals surface area contributed by atoms with Gasteiger partial charge in [0, 0.05) is 30.4 Å². The van der Waals surface area contributed by atoms with Gasteiger partial charge in [-0.3, -0.25) is 4.79 Å². The quantitative estimate of drug-likeness (QED) is 0.482. The number of aromatic nitrogens is 2. The molecule has 2 unspecified atom stereocenters. The van der Waals surface area contributed by atoms with Crippen LogP contribution in [0.4, 0.5) is 5.69 Å². The van der Waals surface area contributed by atoms with Gasteiger partial charge in [-0.1, -0.05) is 12.1 Å². The minimum Gasteiger partial charge on any atom is -0.390 e. The molecule has 2 atom stereocenters. The average molecular weight is 442 g/mol. The molecule has 4 saturated carbocycles. The Morgan fingerprint density at radius 1 is 1.18 bits per heavy atom. The Morgan fingerprint density at radius 3 is 2.64 bits per heavy atom. The van der Waals surface area contributed by atoms with E-state index in [1.54, 1.807) is 18.3 Å². The van der Waals surface area contributed by atoms with E-state index in [9.17, 15) is 9.90 Å². The summed E-state index contributed by atoms with van der Waals surface area (Å²) in [6, 6.07) is 11.5. The molecule has 168 valence electrons. The second-order valence-electron chi connectivity index (χ2n) is 10.1. The van der Waals surface area contributed by atoms with Crippen LogP contribution < -0.4 is 10.6 Å². The third-order valence-electron chi connectivity index (χ3n) is 7.92. The number of nitrogens with zero attached hydrogens (tertiary/aromatic N) is 2. The maximum absolute atomic E-state index is 13.2. The van der Waals surface area contributed by atoms with Crippen LogP contribution in [0.1, 0.15) is 53.6 Å². The molecule has 4 fully saturated rings. The SMILES string of the molecule is N#Cc1ccc(CNC(=O)c2cnc3[nH]ccc3c2NC2C3CC4CC2CC(O)(C4)C3)cc1. The lowest BCUT2D eigenvalue weighted by atomic mass is 9.52. The van der Waals surface area contributed by atoms with Crippen molar-refractivity contribution < 1.29 is 9.90 Å². The number of fused-ring (bicyclic) bond motifs is 1. The highest BCUT2D eigenvalue weighted by Gasteiger charge is 2.54. The smallest absolute Gasteiger partial charge is 0.255 e. The molecule has 7 nitrogen and oxygen atoms in total. The van der Waals surface area contributed by atoms with Gasteiger partial charge in [0.25, 0.3) is 5.91 Å². The third kappa shape index (κ3) is 3.55. The summed E-state index contributed by atoms with van der Waals surface area (Å²) >= 11 is 0. The van der Waals surface area contributed by atoms with E-state index in [2.05, 4.69) is 26.7 Å². The van der Waals surface area contributed by atoms with Crippen LogP contribution in [0.2, 0.25) is 0 Å². The molecule has 0 radical (unpaired) electrons. The zero-order valence-electron chi connectivity index (χ0n) is 18.3. The predicted molar refractivity (Wildman–Crippen MR) is 124 cm³/mol. The standard InChI is InChI=1S/C26H27N5O2/c27-12-15-1-3-16(4-2-15)13-30-25(32)21-14-29-24-20(5-6-28-24)23(21)31-22-18-7-17-8-19(22)11-26(33,9-17)10-18/h1-6,14,17-19,22,33H,7-11,13H2,(H,30,32)(H2,28,29,31). The van der Waals surface area contributed by atoms with Crippen molar-refractivity contribution in [3.05, 3.63) is 59.4 Å². The lowest BCUT2D eigenvalue weighted by Crippen LogP contribution is -2.59. The summed E-state index contributed by atoms with van der Waals surface area (Å²) < 4.78 is 0. The number of H-pyrrole nitrogens is 1. The lowest BCUT2D eigenvalue weighted by molar-refractivity contribution is -0.129. The van der Waals surface area contributed by atoms with Crippen LogP contribution in [-0.4, -0.2) is 32.6 Å². The summed E-state index contributed by atoms with van der Waals surface area (Å²) in [5.41, 5.74) is 3.15. The molecule has 1 aromatic carbocycles. The average Bonchev–Trinajstić information content (AvgIpc) is 3.28. The van der Waals surface area contributed by atoms with Crippen LogP contribution in [0.3, 0.4) is 0 Å². The van der Waals surface area contributed by atoms with E-state index >= 15 is 0 Å². The Hall–Kier alpha value is -3.37. The van der Waals surface area contributed by atoms with Crippen LogP contribution in [0, 0.1) is 29.1 Å². The number of aliphatic hydroxyl groups is 1. The van der Waals surface area contributed by atoms with Gasteiger partial charge in [-0.25, -0.2) is 4.98 Å². The fourth-order valence-corrected chi connectivity index (χ4v) is 6.69. The van der Waals surface area contributed by atoms with Crippen LogP contribution in [0.25, 0.3) is 11.0 Å². The molecule has 4 aliphatic rings. The molecule has 2 heterocycles. The molecule has 4 bridgehead atoms. The van der Waals surface area contributed by atoms with Gasteiger partial charge in [0.05, 0.1) is 28.5 Å². The van der Waals surface area contributed by atoms with Crippen molar-refractivity contribution in [3.63, 3.8) is 0 Å². The molecular weight excluding hydrogens is 414 g/mol. The number of carbonyl (C=O) groups excluding carboxylic acids is 1. The number of carbonyl (C=O) groups is 1. The molecule has 0 saturated heterocycles. The van der Waals surface area contributed by atoms with Gasteiger partial charge in [-0.05, 0) is 73.6 Å². The molecule has 4 aliphatic carbocycles. The van der Waals surface area contributed by atoms with Gasteiger partial charge in [0.2, 0.25) is 0 Å². The Labute approximate surface area is 192 Å². The van der Waals surface area contributed by atoms with E-state index in [0.29, 0.717) is 35.4 Å². The minimum absolute atomic E-state index is 0.181. The molecule has 0 spiro atoms. The van der Waals surface area contributed by atoms with Crippen LogP contribution in [0.15, 0.2) is 42.7 Å². The van der Waals surface area contributed by atoms with E-state index in [-0.39, 0.29) is 11.9 Å². The summed E-state index contributed by atoms with van der Waals surface area (Å²) in [5, 5.41) is 27.6. The van der Waals surface area contributed by atoms with Crippen molar-refractivity contribution >= 4 is 22.6 Å². The normalized spacial score (nSPS) is 29.7. The molecule has 1 amide bonds. The predicted octanol–water partition coefficient (Wildman–Crippen LogP) is 3.72. The summed E-state index contributed by atoms with van der Waals surface area (Å²) in [7, 11) is 0. The molecule has 0 aliphatic heterocycles. The number of nitriles is 1. The number of anilines is 1. The summed E-state index contributed by atoms with van der Waals surface area (Å²) in [4.78, 5) is 20.8. The monoisotopic (exact) mass is 441 g/mol. The van der Waals surface area contributed by atoms with Gasteiger partial charge >= 0.3 is 0 Å².